The van der Waals surface area contributed by atoms with E-state index in [-0.39, 0.29) is 11.6 Å². The number of nitriles is 1. The average Bonchev–Trinajstić information content (AvgIpc) is 2.75. The van der Waals surface area contributed by atoms with E-state index >= 15 is 0 Å². The Morgan fingerprint density at radius 2 is 2.19 bits per heavy atom. The summed E-state index contributed by atoms with van der Waals surface area (Å²) in [5.74, 6) is -0.210. The average molecular weight is 306 g/mol. The summed E-state index contributed by atoms with van der Waals surface area (Å²) < 4.78 is 0. The van der Waals surface area contributed by atoms with Gasteiger partial charge >= 0.3 is 0 Å². The Kier molecular flexibility index (Phi) is 4.73. The molecule has 2 rings (SSSR count). The van der Waals surface area contributed by atoms with Crippen LogP contribution in [0.2, 0.25) is 0 Å². The van der Waals surface area contributed by atoms with Gasteiger partial charge in [0.15, 0.2) is 0 Å². The van der Waals surface area contributed by atoms with Gasteiger partial charge in [0.1, 0.15) is 21.5 Å². The van der Waals surface area contributed by atoms with Crippen LogP contribution >= 0.6 is 11.3 Å². The monoisotopic (exact) mass is 306 g/mol. The Balaban J connectivity index is 2.17. The summed E-state index contributed by atoms with van der Waals surface area (Å²) in [6.45, 7) is 5.44. The molecule has 0 radical (unpaired) electrons. The number of hydrogen-bond donors (Lipinski definition) is 3. The van der Waals surface area contributed by atoms with Gasteiger partial charge in [0.25, 0.3) is 5.91 Å². The number of nitrogen functional groups attached to an aromatic ring is 1. The van der Waals surface area contributed by atoms with E-state index in [9.17, 15) is 10.1 Å². The van der Waals surface area contributed by atoms with Crippen LogP contribution in [-0.2, 0) is 0 Å². The molecule has 0 bridgehead atoms. The second-order valence-corrected chi connectivity index (χ2v) is 6.60. The number of anilines is 2. The molecule has 0 spiro atoms. The molecule has 0 saturated heterocycles. The summed E-state index contributed by atoms with van der Waals surface area (Å²) in [6, 6.07) is 2.11. The molecular formula is C15H22N4OS. The molecule has 6 heteroatoms. The molecule has 1 aliphatic rings. The third kappa shape index (κ3) is 2.98. The van der Waals surface area contributed by atoms with Gasteiger partial charge in [-0.2, -0.15) is 5.26 Å². The zero-order valence-electron chi connectivity index (χ0n) is 12.6. The van der Waals surface area contributed by atoms with Crippen LogP contribution in [0.3, 0.4) is 0 Å². The van der Waals surface area contributed by atoms with Gasteiger partial charge in [0.05, 0.1) is 5.69 Å². The molecular weight excluding hydrogens is 284 g/mol. The Morgan fingerprint density at radius 1 is 1.48 bits per heavy atom. The molecule has 1 aromatic heterocycles. The summed E-state index contributed by atoms with van der Waals surface area (Å²) in [5.41, 5.74) is 6.98. The first kappa shape index (κ1) is 15.6. The van der Waals surface area contributed by atoms with E-state index in [1.807, 2.05) is 6.92 Å². The standard InChI is InChI=1S/C15H22N4OS/c1-3-15(6-5-7-15)9-19-14-10(8-16)11(17)12(21-14)13(20)18-4-2/h19H,3-7,9,17H2,1-2H3,(H,18,20). The zero-order valence-corrected chi connectivity index (χ0v) is 13.4. The van der Waals surface area contributed by atoms with Gasteiger partial charge in [-0.15, -0.1) is 11.3 Å². The van der Waals surface area contributed by atoms with Crippen LogP contribution in [0.25, 0.3) is 0 Å². The molecule has 1 aromatic rings. The summed E-state index contributed by atoms with van der Waals surface area (Å²) >= 11 is 1.27. The van der Waals surface area contributed by atoms with Crippen LogP contribution in [0.1, 0.15) is 54.8 Å². The molecule has 1 saturated carbocycles. The highest BCUT2D eigenvalue weighted by molar-refractivity contribution is 7.18. The number of carbonyl (C=O) groups excluding carboxylic acids is 1. The van der Waals surface area contributed by atoms with Gasteiger partial charge in [-0.3, -0.25) is 4.79 Å². The lowest BCUT2D eigenvalue weighted by Gasteiger charge is -2.41. The van der Waals surface area contributed by atoms with E-state index in [0.29, 0.717) is 22.4 Å². The van der Waals surface area contributed by atoms with Crippen molar-refractivity contribution in [1.29, 1.82) is 5.26 Å². The number of nitrogens with two attached hydrogens (primary N) is 1. The zero-order chi connectivity index (χ0) is 15.5. The summed E-state index contributed by atoms with van der Waals surface area (Å²) in [6.07, 6.45) is 4.86. The van der Waals surface area contributed by atoms with Crippen LogP contribution in [0.4, 0.5) is 10.7 Å². The van der Waals surface area contributed by atoms with Crippen LogP contribution in [0.15, 0.2) is 0 Å². The minimum absolute atomic E-state index is 0.210. The quantitative estimate of drug-likeness (QED) is 0.753. The Bertz CT molecular complexity index is 563. The van der Waals surface area contributed by atoms with E-state index in [1.54, 1.807) is 0 Å². The van der Waals surface area contributed by atoms with Crippen LogP contribution < -0.4 is 16.4 Å². The van der Waals surface area contributed by atoms with E-state index in [4.69, 9.17) is 5.73 Å². The molecule has 0 aromatic carbocycles. The normalized spacial score (nSPS) is 15.9. The maximum atomic E-state index is 12.0. The van der Waals surface area contributed by atoms with Crippen molar-refractivity contribution in [3.8, 4) is 6.07 Å². The number of thiophene rings is 1. The van der Waals surface area contributed by atoms with Crippen molar-refractivity contribution in [1.82, 2.24) is 5.32 Å². The van der Waals surface area contributed by atoms with Gasteiger partial charge in [0, 0.05) is 13.1 Å². The van der Waals surface area contributed by atoms with E-state index < -0.39 is 0 Å². The highest BCUT2D eigenvalue weighted by atomic mass is 32.1. The smallest absolute Gasteiger partial charge is 0.263 e. The van der Waals surface area contributed by atoms with Crippen molar-refractivity contribution >= 4 is 27.9 Å². The van der Waals surface area contributed by atoms with E-state index in [2.05, 4.69) is 23.6 Å². The topological polar surface area (TPSA) is 90.9 Å². The number of hydrogen-bond acceptors (Lipinski definition) is 5. The fourth-order valence-electron chi connectivity index (χ4n) is 2.69. The number of rotatable bonds is 6. The highest BCUT2D eigenvalue weighted by Crippen LogP contribution is 2.44. The Labute approximate surface area is 129 Å². The SMILES string of the molecule is CCNC(=O)c1sc(NCC2(CC)CCC2)c(C#N)c1N. The number of nitrogens with one attached hydrogen (secondary N) is 2. The Hall–Kier alpha value is -1.74. The fourth-order valence-corrected chi connectivity index (χ4v) is 3.67. The predicted molar refractivity (Wildman–Crippen MR) is 86.5 cm³/mol. The molecule has 0 atom stereocenters. The van der Waals surface area contributed by atoms with Crippen LogP contribution in [-0.4, -0.2) is 19.0 Å². The highest BCUT2D eigenvalue weighted by Gasteiger charge is 2.35. The minimum atomic E-state index is -0.210. The summed E-state index contributed by atoms with van der Waals surface area (Å²) in [4.78, 5) is 12.4. The van der Waals surface area contributed by atoms with Gasteiger partial charge in [-0.1, -0.05) is 13.3 Å². The number of amides is 1. The first-order valence-electron chi connectivity index (χ1n) is 7.41. The van der Waals surface area contributed by atoms with Crippen LogP contribution in [0, 0.1) is 16.7 Å². The minimum Gasteiger partial charge on any atom is -0.396 e. The van der Waals surface area contributed by atoms with Crippen molar-refractivity contribution in [2.24, 2.45) is 5.41 Å². The first-order valence-corrected chi connectivity index (χ1v) is 8.23. The lowest BCUT2D eigenvalue weighted by molar-refractivity contribution is 0.0960. The molecule has 1 amide bonds. The van der Waals surface area contributed by atoms with Crippen molar-refractivity contribution < 1.29 is 4.79 Å². The van der Waals surface area contributed by atoms with E-state index in [0.717, 1.165) is 18.0 Å². The lowest BCUT2D eigenvalue weighted by atomic mass is 9.67. The molecule has 1 fully saturated rings. The van der Waals surface area contributed by atoms with Gasteiger partial charge in [-0.25, -0.2) is 0 Å². The predicted octanol–water partition coefficient (Wildman–Crippen LogP) is 2.94. The summed E-state index contributed by atoms with van der Waals surface area (Å²) in [5, 5.41) is 16.1. The van der Waals surface area contributed by atoms with Crippen molar-refractivity contribution in [2.45, 2.75) is 39.5 Å². The molecule has 4 N–H and O–H groups in total. The second-order valence-electron chi connectivity index (χ2n) is 5.58. The lowest BCUT2D eigenvalue weighted by Crippen LogP contribution is -2.35. The Morgan fingerprint density at radius 3 is 2.67 bits per heavy atom. The molecule has 1 aliphatic carbocycles. The molecule has 0 unspecified atom stereocenters. The van der Waals surface area contributed by atoms with Gasteiger partial charge in [0.2, 0.25) is 0 Å². The maximum absolute atomic E-state index is 12.0. The largest absolute Gasteiger partial charge is 0.396 e. The van der Waals surface area contributed by atoms with Gasteiger partial charge in [-0.05, 0) is 31.6 Å². The van der Waals surface area contributed by atoms with Crippen molar-refractivity contribution in [3.05, 3.63) is 10.4 Å². The molecule has 21 heavy (non-hydrogen) atoms. The van der Waals surface area contributed by atoms with Crippen LogP contribution in [0.5, 0.6) is 0 Å². The fraction of sp³-hybridized carbons (Fsp3) is 0.600. The molecule has 1 heterocycles. The summed E-state index contributed by atoms with van der Waals surface area (Å²) in [7, 11) is 0. The third-order valence-electron chi connectivity index (χ3n) is 4.39. The van der Waals surface area contributed by atoms with Crippen molar-refractivity contribution in [2.75, 3.05) is 24.1 Å². The maximum Gasteiger partial charge on any atom is 0.263 e. The van der Waals surface area contributed by atoms with E-state index in [1.165, 1.54) is 30.6 Å². The number of carbonyl (C=O) groups is 1. The van der Waals surface area contributed by atoms with Gasteiger partial charge < -0.3 is 16.4 Å². The first-order chi connectivity index (χ1) is 10.1. The van der Waals surface area contributed by atoms with Crippen molar-refractivity contribution in [3.63, 3.8) is 0 Å². The molecule has 114 valence electrons. The molecule has 5 nitrogen and oxygen atoms in total. The molecule has 0 aliphatic heterocycles. The second kappa shape index (κ2) is 6.35. The third-order valence-corrected chi connectivity index (χ3v) is 5.55. The number of nitrogens with zero attached hydrogens (tertiary/aromatic N) is 1.